The van der Waals surface area contributed by atoms with Crippen molar-refractivity contribution in [1.82, 2.24) is 15.1 Å². The fraction of sp³-hybridized carbons (Fsp3) is 0.259. The van der Waals surface area contributed by atoms with Gasteiger partial charge < -0.3 is 10.2 Å². The summed E-state index contributed by atoms with van der Waals surface area (Å²) in [6, 6.07) is 28.6. The SMILES string of the molecule is Cc1ccccc1C(=O)NCC(=O)N1CCN(C(c2ccccc2)c2ccccc2)CC1. The number of hydrogen-bond acceptors (Lipinski definition) is 3. The van der Waals surface area contributed by atoms with Crippen molar-refractivity contribution in [2.75, 3.05) is 32.7 Å². The normalized spacial score (nSPS) is 14.4. The fourth-order valence-electron chi connectivity index (χ4n) is 4.30. The van der Waals surface area contributed by atoms with Crippen LogP contribution >= 0.6 is 0 Å². The van der Waals surface area contributed by atoms with Crippen molar-refractivity contribution in [1.29, 1.82) is 0 Å². The molecule has 5 heteroatoms. The van der Waals surface area contributed by atoms with Crippen LogP contribution in [-0.4, -0.2) is 54.3 Å². The van der Waals surface area contributed by atoms with Gasteiger partial charge in [0.05, 0.1) is 12.6 Å². The Morgan fingerprint density at radius 1 is 0.781 bits per heavy atom. The number of aryl methyl sites for hydroxylation is 1. The van der Waals surface area contributed by atoms with Gasteiger partial charge >= 0.3 is 0 Å². The van der Waals surface area contributed by atoms with E-state index in [4.69, 9.17) is 0 Å². The number of nitrogens with zero attached hydrogens (tertiary/aromatic N) is 2. The molecule has 3 aromatic carbocycles. The number of carbonyl (C=O) groups is 2. The molecule has 0 aromatic heterocycles. The zero-order valence-corrected chi connectivity index (χ0v) is 18.4. The molecule has 0 spiro atoms. The smallest absolute Gasteiger partial charge is 0.251 e. The molecular weight excluding hydrogens is 398 g/mol. The molecule has 1 aliphatic heterocycles. The molecule has 1 aliphatic rings. The molecule has 3 aromatic rings. The molecule has 0 bridgehead atoms. The van der Waals surface area contributed by atoms with Gasteiger partial charge in [-0.25, -0.2) is 0 Å². The standard InChI is InChI=1S/C27H29N3O2/c1-21-10-8-9-15-24(21)27(32)28-20-25(31)29-16-18-30(19-17-29)26(22-11-4-2-5-12-22)23-13-6-3-7-14-23/h2-15,26H,16-20H2,1H3,(H,28,32). The van der Waals surface area contributed by atoms with Crippen LogP contribution in [-0.2, 0) is 4.79 Å². The summed E-state index contributed by atoms with van der Waals surface area (Å²) < 4.78 is 0. The lowest BCUT2D eigenvalue weighted by molar-refractivity contribution is -0.132. The van der Waals surface area contributed by atoms with Crippen molar-refractivity contribution in [2.45, 2.75) is 13.0 Å². The van der Waals surface area contributed by atoms with Gasteiger partial charge in [-0.2, -0.15) is 0 Å². The third-order valence-corrected chi connectivity index (χ3v) is 6.05. The summed E-state index contributed by atoms with van der Waals surface area (Å²) >= 11 is 0. The quantitative estimate of drug-likeness (QED) is 0.653. The number of piperazine rings is 1. The molecule has 5 nitrogen and oxygen atoms in total. The number of carbonyl (C=O) groups excluding carboxylic acids is 2. The first kappa shape index (κ1) is 21.8. The molecule has 4 rings (SSSR count). The van der Waals surface area contributed by atoms with Gasteiger partial charge in [-0.15, -0.1) is 0 Å². The summed E-state index contributed by atoms with van der Waals surface area (Å²) in [6.45, 7) is 4.78. The Morgan fingerprint density at radius 2 is 1.31 bits per heavy atom. The third-order valence-electron chi connectivity index (χ3n) is 6.05. The van der Waals surface area contributed by atoms with Crippen LogP contribution in [0, 0.1) is 6.92 Å². The van der Waals surface area contributed by atoms with E-state index in [9.17, 15) is 9.59 Å². The first-order valence-electron chi connectivity index (χ1n) is 11.1. The van der Waals surface area contributed by atoms with Gasteiger partial charge in [0.25, 0.3) is 5.91 Å². The zero-order valence-electron chi connectivity index (χ0n) is 18.4. The van der Waals surface area contributed by atoms with E-state index >= 15 is 0 Å². The van der Waals surface area contributed by atoms with Crippen LogP contribution in [0.1, 0.15) is 33.1 Å². The number of amides is 2. The largest absolute Gasteiger partial charge is 0.343 e. The van der Waals surface area contributed by atoms with Gasteiger partial charge in [-0.05, 0) is 29.7 Å². The molecule has 164 valence electrons. The molecule has 0 radical (unpaired) electrons. The Bertz CT molecular complexity index is 1010. The molecule has 32 heavy (non-hydrogen) atoms. The summed E-state index contributed by atoms with van der Waals surface area (Å²) in [5.74, 6) is -0.245. The van der Waals surface area contributed by atoms with Gasteiger partial charge in [0.15, 0.2) is 0 Å². The fourth-order valence-corrected chi connectivity index (χ4v) is 4.30. The maximum Gasteiger partial charge on any atom is 0.251 e. The van der Waals surface area contributed by atoms with E-state index in [1.54, 1.807) is 6.07 Å². The summed E-state index contributed by atoms with van der Waals surface area (Å²) in [5, 5.41) is 2.78. The molecule has 2 amide bonds. The molecule has 0 atom stereocenters. The molecule has 1 N–H and O–H groups in total. The van der Waals surface area contributed by atoms with E-state index in [-0.39, 0.29) is 24.4 Å². The Morgan fingerprint density at radius 3 is 1.88 bits per heavy atom. The van der Waals surface area contributed by atoms with Crippen LogP contribution in [0.5, 0.6) is 0 Å². The Hall–Kier alpha value is -3.44. The average Bonchev–Trinajstić information content (AvgIpc) is 2.84. The maximum absolute atomic E-state index is 12.7. The second kappa shape index (κ2) is 10.2. The highest BCUT2D eigenvalue weighted by Crippen LogP contribution is 2.29. The van der Waals surface area contributed by atoms with Gasteiger partial charge in [-0.3, -0.25) is 14.5 Å². The molecule has 1 saturated heterocycles. The van der Waals surface area contributed by atoms with Crippen molar-refractivity contribution < 1.29 is 9.59 Å². The van der Waals surface area contributed by atoms with E-state index in [0.717, 1.165) is 18.7 Å². The molecule has 1 fully saturated rings. The van der Waals surface area contributed by atoms with Crippen LogP contribution < -0.4 is 5.32 Å². The van der Waals surface area contributed by atoms with Crippen LogP contribution in [0.2, 0.25) is 0 Å². The van der Waals surface area contributed by atoms with Crippen molar-refractivity contribution in [2.24, 2.45) is 0 Å². The van der Waals surface area contributed by atoms with E-state index in [0.29, 0.717) is 18.7 Å². The first-order valence-corrected chi connectivity index (χ1v) is 11.1. The summed E-state index contributed by atoms with van der Waals surface area (Å²) in [7, 11) is 0. The lowest BCUT2D eigenvalue weighted by Crippen LogP contribution is -2.52. The van der Waals surface area contributed by atoms with Crippen molar-refractivity contribution in [3.05, 3.63) is 107 Å². The summed E-state index contributed by atoms with van der Waals surface area (Å²) in [5.41, 5.74) is 4.02. The molecule has 0 aliphatic carbocycles. The zero-order chi connectivity index (χ0) is 22.3. The highest BCUT2D eigenvalue weighted by molar-refractivity contribution is 5.97. The lowest BCUT2D eigenvalue weighted by atomic mass is 9.96. The number of rotatable bonds is 6. The Kier molecular flexibility index (Phi) is 6.97. The Balaban J connectivity index is 1.37. The third kappa shape index (κ3) is 5.06. The minimum Gasteiger partial charge on any atom is -0.343 e. The van der Waals surface area contributed by atoms with Crippen molar-refractivity contribution in [3.8, 4) is 0 Å². The van der Waals surface area contributed by atoms with Gasteiger partial charge in [0.2, 0.25) is 5.91 Å². The van der Waals surface area contributed by atoms with E-state index in [1.165, 1.54) is 11.1 Å². The predicted molar refractivity (Wildman–Crippen MR) is 126 cm³/mol. The highest BCUT2D eigenvalue weighted by atomic mass is 16.2. The number of nitrogens with one attached hydrogen (secondary N) is 1. The minimum atomic E-state index is -0.205. The van der Waals surface area contributed by atoms with Crippen LogP contribution in [0.3, 0.4) is 0 Å². The van der Waals surface area contributed by atoms with Gasteiger partial charge in [0.1, 0.15) is 0 Å². The minimum absolute atomic E-state index is 0.0218. The second-order valence-corrected chi connectivity index (χ2v) is 8.14. The highest BCUT2D eigenvalue weighted by Gasteiger charge is 2.28. The van der Waals surface area contributed by atoms with Crippen LogP contribution in [0.25, 0.3) is 0 Å². The molecular formula is C27H29N3O2. The van der Waals surface area contributed by atoms with Crippen molar-refractivity contribution >= 4 is 11.8 Å². The monoisotopic (exact) mass is 427 g/mol. The maximum atomic E-state index is 12.7. The van der Waals surface area contributed by atoms with E-state index in [1.807, 2.05) is 42.2 Å². The van der Waals surface area contributed by atoms with E-state index in [2.05, 4.69) is 58.7 Å². The second-order valence-electron chi connectivity index (χ2n) is 8.14. The average molecular weight is 428 g/mol. The lowest BCUT2D eigenvalue weighted by Gasteiger charge is -2.39. The molecule has 0 saturated carbocycles. The molecule has 0 unspecified atom stereocenters. The Labute approximate surface area is 189 Å². The van der Waals surface area contributed by atoms with Gasteiger partial charge in [-0.1, -0.05) is 78.9 Å². The summed E-state index contributed by atoms with van der Waals surface area (Å²) in [6.07, 6.45) is 0. The predicted octanol–water partition coefficient (Wildman–Crippen LogP) is 3.66. The first-order chi connectivity index (χ1) is 15.6. The van der Waals surface area contributed by atoms with Gasteiger partial charge in [0, 0.05) is 31.7 Å². The summed E-state index contributed by atoms with van der Waals surface area (Å²) in [4.78, 5) is 29.4. The van der Waals surface area contributed by atoms with E-state index < -0.39 is 0 Å². The van der Waals surface area contributed by atoms with Crippen LogP contribution in [0.4, 0.5) is 0 Å². The number of benzene rings is 3. The van der Waals surface area contributed by atoms with Crippen LogP contribution in [0.15, 0.2) is 84.9 Å². The molecule has 1 heterocycles. The topological polar surface area (TPSA) is 52.7 Å². The van der Waals surface area contributed by atoms with Crippen molar-refractivity contribution in [3.63, 3.8) is 0 Å². The number of hydrogen-bond donors (Lipinski definition) is 1.